The van der Waals surface area contributed by atoms with Gasteiger partial charge in [-0.15, -0.1) is 0 Å². The average molecular weight is 281 g/mol. The number of methoxy groups -OCH3 is 2. The minimum Gasteiger partial charge on any atom is -0.356 e. The Labute approximate surface area is 117 Å². The van der Waals surface area contributed by atoms with E-state index in [9.17, 15) is 0 Å². The van der Waals surface area contributed by atoms with Gasteiger partial charge in [-0.3, -0.25) is 0 Å². The number of pyridine rings is 1. The Balaban J connectivity index is 2.12. The number of hydrogen-bond donors (Lipinski definition) is 1. The van der Waals surface area contributed by atoms with Crippen molar-refractivity contribution in [1.29, 1.82) is 0 Å². The van der Waals surface area contributed by atoms with Crippen LogP contribution in [0, 0.1) is 11.7 Å². The minimum absolute atomic E-state index is 0.153. The Hall–Kier alpha value is -1.24. The van der Waals surface area contributed by atoms with Crippen LogP contribution in [0.25, 0.3) is 11.2 Å². The number of fused-ring (bicyclic) bond motifs is 1. The van der Waals surface area contributed by atoms with E-state index < -0.39 is 0 Å². The molecule has 0 aliphatic rings. The maximum Gasteiger partial charge on any atom is 0.179 e. The van der Waals surface area contributed by atoms with Crippen molar-refractivity contribution in [3.05, 3.63) is 22.6 Å². The number of aryl methyl sites for hydroxylation is 2. The molecule has 0 atom stereocenters. The first-order valence-corrected chi connectivity index (χ1v) is 6.68. The second-order valence-electron chi connectivity index (χ2n) is 4.45. The van der Waals surface area contributed by atoms with E-state index in [1.807, 2.05) is 19.1 Å². The van der Waals surface area contributed by atoms with E-state index in [-0.39, 0.29) is 6.29 Å². The van der Waals surface area contributed by atoms with Crippen LogP contribution in [-0.4, -0.2) is 35.0 Å². The van der Waals surface area contributed by atoms with Crippen LogP contribution >= 0.6 is 12.2 Å². The van der Waals surface area contributed by atoms with Gasteiger partial charge in [-0.05, 0) is 37.7 Å². The van der Waals surface area contributed by atoms with Crippen LogP contribution in [0.4, 0.5) is 0 Å². The highest BCUT2D eigenvalue weighted by molar-refractivity contribution is 7.71. The molecule has 19 heavy (non-hydrogen) atoms. The van der Waals surface area contributed by atoms with Crippen LogP contribution in [0.15, 0.2) is 12.1 Å². The summed E-state index contributed by atoms with van der Waals surface area (Å²) >= 11 is 5.34. The van der Waals surface area contributed by atoms with E-state index >= 15 is 0 Å². The molecule has 0 amide bonds. The van der Waals surface area contributed by atoms with Gasteiger partial charge >= 0.3 is 0 Å². The highest BCUT2D eigenvalue weighted by Crippen LogP contribution is 2.14. The lowest BCUT2D eigenvalue weighted by Gasteiger charge is -2.13. The maximum atomic E-state index is 5.34. The van der Waals surface area contributed by atoms with Crippen molar-refractivity contribution < 1.29 is 9.47 Å². The number of nitrogens with zero attached hydrogens (tertiary/aromatic N) is 2. The van der Waals surface area contributed by atoms with Gasteiger partial charge in [0.05, 0.1) is 5.52 Å². The summed E-state index contributed by atoms with van der Waals surface area (Å²) in [7, 11) is 3.30. The van der Waals surface area contributed by atoms with Gasteiger partial charge in [0.15, 0.2) is 16.7 Å². The minimum atomic E-state index is -0.153. The van der Waals surface area contributed by atoms with Crippen molar-refractivity contribution in [3.63, 3.8) is 0 Å². The third-order valence-electron chi connectivity index (χ3n) is 3.12. The summed E-state index contributed by atoms with van der Waals surface area (Å²) < 4.78 is 13.1. The molecule has 0 unspecified atom stereocenters. The Morgan fingerprint density at radius 1 is 1.37 bits per heavy atom. The fraction of sp³-hybridized carbons (Fsp3) is 0.538. The summed E-state index contributed by atoms with van der Waals surface area (Å²) in [5, 5.41) is 0. The topological polar surface area (TPSA) is 52.1 Å². The summed E-state index contributed by atoms with van der Waals surface area (Å²) in [5.74, 6) is 0. The lowest BCUT2D eigenvalue weighted by atomic mass is 10.3. The molecule has 5 nitrogen and oxygen atoms in total. The second-order valence-corrected chi connectivity index (χ2v) is 4.83. The van der Waals surface area contributed by atoms with Gasteiger partial charge in [0.2, 0.25) is 0 Å². The first-order chi connectivity index (χ1) is 9.15. The zero-order valence-electron chi connectivity index (χ0n) is 11.5. The molecular formula is C13H19N3O2S. The molecule has 0 saturated heterocycles. The number of ether oxygens (including phenoxy) is 2. The molecule has 0 fully saturated rings. The summed E-state index contributed by atoms with van der Waals surface area (Å²) in [6.45, 7) is 2.79. The van der Waals surface area contributed by atoms with E-state index in [0.717, 1.165) is 36.2 Å². The van der Waals surface area contributed by atoms with Crippen LogP contribution in [0.3, 0.4) is 0 Å². The van der Waals surface area contributed by atoms with E-state index in [2.05, 4.69) is 14.5 Å². The molecule has 0 aromatic carbocycles. The first kappa shape index (κ1) is 14.2. The monoisotopic (exact) mass is 281 g/mol. The zero-order chi connectivity index (χ0) is 13.8. The number of H-pyrrole nitrogens is 1. The summed E-state index contributed by atoms with van der Waals surface area (Å²) in [6, 6.07) is 4.04. The molecule has 2 aromatic rings. The highest BCUT2D eigenvalue weighted by atomic mass is 32.1. The van der Waals surface area contributed by atoms with E-state index in [1.165, 1.54) is 0 Å². The quantitative estimate of drug-likeness (QED) is 0.653. The van der Waals surface area contributed by atoms with Crippen molar-refractivity contribution in [2.24, 2.45) is 0 Å². The molecule has 0 radical (unpaired) electrons. The van der Waals surface area contributed by atoms with Crippen molar-refractivity contribution in [3.8, 4) is 0 Å². The molecule has 0 spiro atoms. The van der Waals surface area contributed by atoms with Crippen LogP contribution in [0.2, 0.25) is 0 Å². The molecule has 2 aromatic heterocycles. The summed E-state index contributed by atoms with van der Waals surface area (Å²) in [6.07, 6.45) is 1.61. The van der Waals surface area contributed by atoms with Crippen LogP contribution in [0.5, 0.6) is 0 Å². The SMILES string of the molecule is COC(CCCn1c(=S)[nH]c2nc(C)ccc21)OC. The largest absolute Gasteiger partial charge is 0.356 e. The summed E-state index contributed by atoms with van der Waals surface area (Å²) in [5.41, 5.74) is 2.87. The van der Waals surface area contributed by atoms with Crippen LogP contribution in [0.1, 0.15) is 18.5 Å². The molecule has 2 heterocycles. The van der Waals surface area contributed by atoms with Crippen molar-refractivity contribution in [1.82, 2.24) is 14.5 Å². The Bertz CT molecular complexity index is 601. The predicted octanol–water partition coefficient (Wildman–Crippen LogP) is 2.80. The average Bonchev–Trinajstić information content (AvgIpc) is 2.70. The number of rotatable bonds is 6. The number of aromatic amines is 1. The molecule has 0 aliphatic carbocycles. The van der Waals surface area contributed by atoms with Crippen molar-refractivity contribution in [2.45, 2.75) is 32.6 Å². The van der Waals surface area contributed by atoms with Gasteiger partial charge in [-0.2, -0.15) is 0 Å². The fourth-order valence-electron chi connectivity index (χ4n) is 2.11. The van der Waals surface area contributed by atoms with Gasteiger partial charge in [0.25, 0.3) is 0 Å². The first-order valence-electron chi connectivity index (χ1n) is 6.27. The molecule has 2 rings (SSSR count). The predicted molar refractivity (Wildman–Crippen MR) is 76.7 cm³/mol. The number of nitrogens with one attached hydrogen (secondary N) is 1. The summed E-state index contributed by atoms with van der Waals surface area (Å²) in [4.78, 5) is 7.58. The van der Waals surface area contributed by atoms with Gasteiger partial charge in [-0.1, -0.05) is 0 Å². The van der Waals surface area contributed by atoms with Crippen LogP contribution in [-0.2, 0) is 16.0 Å². The normalized spacial score (nSPS) is 11.6. The Kier molecular flexibility index (Phi) is 4.68. The standard InChI is InChI=1S/C13H19N3O2S/c1-9-6-7-10-12(14-9)15-13(19)16(10)8-4-5-11(17-2)18-3/h6-7,11H,4-5,8H2,1-3H3,(H,14,15,19). The molecule has 0 saturated carbocycles. The number of aromatic nitrogens is 3. The van der Waals surface area contributed by atoms with Gasteiger partial charge in [-0.25, -0.2) is 4.98 Å². The lowest BCUT2D eigenvalue weighted by Crippen LogP contribution is -2.13. The molecular weight excluding hydrogens is 262 g/mol. The van der Waals surface area contributed by atoms with Gasteiger partial charge in [0, 0.05) is 32.9 Å². The number of hydrogen-bond acceptors (Lipinski definition) is 4. The molecule has 104 valence electrons. The van der Waals surface area contributed by atoms with Crippen molar-refractivity contribution >= 4 is 23.4 Å². The van der Waals surface area contributed by atoms with E-state index in [4.69, 9.17) is 21.7 Å². The smallest absolute Gasteiger partial charge is 0.179 e. The van der Waals surface area contributed by atoms with Gasteiger partial charge in [0.1, 0.15) is 0 Å². The Morgan fingerprint density at radius 2 is 2.11 bits per heavy atom. The lowest BCUT2D eigenvalue weighted by molar-refractivity contribution is -0.107. The second kappa shape index (κ2) is 6.27. The molecule has 6 heteroatoms. The highest BCUT2D eigenvalue weighted by Gasteiger charge is 2.08. The number of imidazole rings is 1. The zero-order valence-corrected chi connectivity index (χ0v) is 12.3. The third-order valence-corrected chi connectivity index (χ3v) is 3.44. The van der Waals surface area contributed by atoms with Gasteiger partial charge < -0.3 is 19.0 Å². The van der Waals surface area contributed by atoms with Crippen LogP contribution < -0.4 is 0 Å². The molecule has 0 bridgehead atoms. The fourth-order valence-corrected chi connectivity index (χ4v) is 2.39. The molecule has 0 aliphatic heterocycles. The van der Waals surface area contributed by atoms with E-state index in [0.29, 0.717) is 4.77 Å². The maximum absolute atomic E-state index is 5.34. The third kappa shape index (κ3) is 3.20. The molecule has 1 N–H and O–H groups in total. The Morgan fingerprint density at radius 3 is 2.79 bits per heavy atom. The van der Waals surface area contributed by atoms with E-state index in [1.54, 1.807) is 14.2 Å². The van der Waals surface area contributed by atoms with Crippen molar-refractivity contribution in [2.75, 3.05) is 14.2 Å².